The third-order valence-electron chi connectivity index (χ3n) is 12.2. The summed E-state index contributed by atoms with van der Waals surface area (Å²) < 4.78 is 0. The average Bonchev–Trinajstić information content (AvgIpc) is 3.68. The van der Waals surface area contributed by atoms with Crippen LogP contribution < -0.4 is 0 Å². The van der Waals surface area contributed by atoms with Crippen molar-refractivity contribution in [3.05, 3.63) is 204 Å². The second-order valence-corrected chi connectivity index (χ2v) is 15.6. The molecule has 1 aliphatic carbocycles. The molecule has 256 valence electrons. The Bertz CT molecular complexity index is 2530. The first-order valence-electron chi connectivity index (χ1n) is 19.0. The molecule has 0 spiro atoms. The van der Waals surface area contributed by atoms with E-state index in [1.165, 1.54) is 78.0 Å². The van der Waals surface area contributed by atoms with Gasteiger partial charge in [-0.05, 0) is 103 Å². The highest BCUT2D eigenvalue weighted by Gasteiger charge is 2.55. The molecular formula is C51H42N2. The minimum absolute atomic E-state index is 0.0241. The molecule has 0 N–H and O–H groups in total. The predicted octanol–water partition coefficient (Wildman–Crippen LogP) is 12.6. The number of rotatable bonds is 6. The van der Waals surface area contributed by atoms with Gasteiger partial charge in [-0.1, -0.05) is 172 Å². The molecule has 0 aromatic heterocycles. The van der Waals surface area contributed by atoms with E-state index in [1.807, 2.05) is 0 Å². The molecule has 4 atom stereocenters. The minimum atomic E-state index is -0.0278. The third kappa shape index (κ3) is 5.16. The molecule has 53 heavy (non-hydrogen) atoms. The molecule has 3 aliphatic rings. The van der Waals surface area contributed by atoms with Gasteiger partial charge in [0.15, 0.2) is 0 Å². The van der Waals surface area contributed by atoms with Crippen LogP contribution in [0.3, 0.4) is 0 Å². The van der Waals surface area contributed by atoms with Gasteiger partial charge in [0.2, 0.25) is 0 Å². The molecular weight excluding hydrogens is 641 g/mol. The third-order valence-corrected chi connectivity index (χ3v) is 12.2. The Kier molecular flexibility index (Phi) is 7.45. The number of benzene rings is 7. The van der Waals surface area contributed by atoms with E-state index in [4.69, 9.17) is 4.99 Å². The SMILES string of the molecule is CC1C2C(c3cccc(-c4cccc(-c5ccc6c(c5)C(C)(C)c5ccccc5-6)c4)c3)=NC(c3ccccc3)N2C1c1cccc(-c2ccccc2)c1. The number of nitrogens with zero attached hydrogens (tertiary/aromatic N) is 2. The van der Waals surface area contributed by atoms with Crippen LogP contribution in [0, 0.1) is 5.92 Å². The predicted molar refractivity (Wildman–Crippen MR) is 220 cm³/mol. The zero-order valence-electron chi connectivity index (χ0n) is 30.4. The molecule has 10 rings (SSSR count). The smallest absolute Gasteiger partial charge is 0.129 e. The molecule has 2 nitrogen and oxygen atoms in total. The Hall–Kier alpha value is -5.83. The van der Waals surface area contributed by atoms with E-state index in [9.17, 15) is 0 Å². The summed E-state index contributed by atoms with van der Waals surface area (Å²) in [5, 5.41) is 0. The molecule has 7 aromatic rings. The van der Waals surface area contributed by atoms with Gasteiger partial charge in [-0.3, -0.25) is 9.89 Å². The monoisotopic (exact) mass is 682 g/mol. The number of hydrogen-bond donors (Lipinski definition) is 0. The van der Waals surface area contributed by atoms with Gasteiger partial charge >= 0.3 is 0 Å². The van der Waals surface area contributed by atoms with Crippen LogP contribution in [0.5, 0.6) is 0 Å². The van der Waals surface area contributed by atoms with Crippen molar-refractivity contribution in [2.45, 2.75) is 44.4 Å². The Morgan fingerprint density at radius 2 is 0.962 bits per heavy atom. The number of fused-ring (bicyclic) bond motifs is 4. The highest BCUT2D eigenvalue weighted by molar-refractivity contribution is 6.07. The standard InChI is InChI=1S/C51H42N2/c1-33-48(42-24-14-19-36(31-42)34-15-6-4-7-16-34)53-49(33)47(52-50(53)35-17-8-5-9-18-35)41-23-13-22-39(30-41)37-20-12-21-38(29-37)40-27-28-44-43-25-10-11-26-45(43)51(2,3)46(44)32-40/h4-33,48-50H,1-3H3. The van der Waals surface area contributed by atoms with Crippen molar-refractivity contribution in [1.82, 2.24) is 4.90 Å². The van der Waals surface area contributed by atoms with E-state index in [2.05, 4.69) is 202 Å². The van der Waals surface area contributed by atoms with Gasteiger partial charge in [0.05, 0.1) is 11.8 Å². The molecule has 0 radical (unpaired) electrons. The molecule has 2 aliphatic heterocycles. The minimum Gasteiger partial charge on any atom is -0.263 e. The molecule has 4 unspecified atom stereocenters. The van der Waals surface area contributed by atoms with Gasteiger partial charge in [-0.15, -0.1) is 0 Å². The fraction of sp³-hybridized carbons (Fsp3) is 0.157. The Morgan fingerprint density at radius 1 is 0.434 bits per heavy atom. The van der Waals surface area contributed by atoms with Crippen LogP contribution >= 0.6 is 0 Å². The van der Waals surface area contributed by atoms with Gasteiger partial charge < -0.3 is 0 Å². The molecule has 0 saturated carbocycles. The van der Waals surface area contributed by atoms with Crippen LogP contribution in [0.2, 0.25) is 0 Å². The van der Waals surface area contributed by atoms with E-state index < -0.39 is 0 Å². The van der Waals surface area contributed by atoms with Gasteiger partial charge in [-0.25, -0.2) is 0 Å². The second-order valence-electron chi connectivity index (χ2n) is 15.6. The van der Waals surface area contributed by atoms with Crippen LogP contribution in [-0.2, 0) is 5.41 Å². The van der Waals surface area contributed by atoms with Gasteiger partial charge in [-0.2, -0.15) is 0 Å². The van der Waals surface area contributed by atoms with Crippen LogP contribution in [0.1, 0.15) is 60.8 Å². The van der Waals surface area contributed by atoms with Crippen molar-refractivity contribution in [1.29, 1.82) is 0 Å². The molecule has 0 bridgehead atoms. The summed E-state index contributed by atoms with van der Waals surface area (Å²) in [4.78, 5) is 8.22. The van der Waals surface area contributed by atoms with Crippen molar-refractivity contribution in [2.75, 3.05) is 0 Å². The van der Waals surface area contributed by atoms with Crippen LogP contribution in [0.25, 0.3) is 44.5 Å². The zero-order valence-corrected chi connectivity index (χ0v) is 30.4. The summed E-state index contributed by atoms with van der Waals surface area (Å²) in [5.74, 6) is 0.413. The fourth-order valence-corrected chi connectivity index (χ4v) is 9.50. The molecule has 2 heterocycles. The molecule has 1 saturated heterocycles. The molecule has 2 heteroatoms. The average molecular weight is 683 g/mol. The summed E-state index contributed by atoms with van der Waals surface area (Å²) in [6.07, 6.45) is -0.0278. The maximum absolute atomic E-state index is 5.57. The number of aliphatic imine (C=N–C) groups is 1. The van der Waals surface area contributed by atoms with Gasteiger partial charge in [0, 0.05) is 11.5 Å². The van der Waals surface area contributed by atoms with Crippen LogP contribution in [-0.4, -0.2) is 16.7 Å². The van der Waals surface area contributed by atoms with Crippen molar-refractivity contribution in [2.24, 2.45) is 10.9 Å². The Labute approximate surface area is 313 Å². The van der Waals surface area contributed by atoms with Crippen molar-refractivity contribution < 1.29 is 0 Å². The summed E-state index contributed by atoms with van der Waals surface area (Å²) in [7, 11) is 0. The van der Waals surface area contributed by atoms with Crippen LogP contribution in [0.15, 0.2) is 181 Å². The maximum atomic E-state index is 5.57. The summed E-state index contributed by atoms with van der Waals surface area (Å²) in [5.41, 5.74) is 18.0. The van der Waals surface area contributed by atoms with Crippen molar-refractivity contribution >= 4 is 5.71 Å². The summed E-state index contributed by atoms with van der Waals surface area (Å²) in [6.45, 7) is 7.12. The van der Waals surface area contributed by atoms with Crippen molar-refractivity contribution in [3.8, 4) is 44.5 Å². The highest BCUT2D eigenvalue weighted by Crippen LogP contribution is 2.55. The molecule has 7 aromatic carbocycles. The molecule has 0 amide bonds. The lowest BCUT2D eigenvalue weighted by molar-refractivity contribution is -0.0323. The Balaban J connectivity index is 0.987. The molecule has 1 fully saturated rings. The van der Waals surface area contributed by atoms with E-state index in [0.29, 0.717) is 5.92 Å². The second kappa shape index (κ2) is 12.4. The van der Waals surface area contributed by atoms with E-state index in [0.717, 1.165) is 0 Å². The first-order valence-corrected chi connectivity index (χ1v) is 19.0. The van der Waals surface area contributed by atoms with Crippen molar-refractivity contribution in [3.63, 3.8) is 0 Å². The van der Waals surface area contributed by atoms with Gasteiger partial charge in [0.1, 0.15) is 6.17 Å². The van der Waals surface area contributed by atoms with Crippen LogP contribution in [0.4, 0.5) is 0 Å². The first kappa shape index (κ1) is 31.9. The highest BCUT2D eigenvalue weighted by atomic mass is 15.4. The van der Waals surface area contributed by atoms with E-state index in [1.54, 1.807) is 0 Å². The lowest BCUT2D eigenvalue weighted by Gasteiger charge is -2.53. The fourth-order valence-electron chi connectivity index (χ4n) is 9.50. The van der Waals surface area contributed by atoms with E-state index in [-0.39, 0.29) is 23.7 Å². The maximum Gasteiger partial charge on any atom is 0.129 e. The lowest BCUT2D eigenvalue weighted by Crippen LogP contribution is -2.58. The topological polar surface area (TPSA) is 15.6 Å². The first-order chi connectivity index (χ1) is 26.0. The summed E-state index contributed by atoms with van der Waals surface area (Å²) >= 11 is 0. The van der Waals surface area contributed by atoms with Gasteiger partial charge in [0.25, 0.3) is 0 Å². The number of hydrogen-bond acceptors (Lipinski definition) is 2. The quantitative estimate of drug-likeness (QED) is 0.170. The van der Waals surface area contributed by atoms with E-state index >= 15 is 0 Å². The Morgan fingerprint density at radius 3 is 1.70 bits per heavy atom. The zero-order chi connectivity index (χ0) is 35.7. The largest absolute Gasteiger partial charge is 0.263 e. The lowest BCUT2D eigenvalue weighted by atomic mass is 9.74. The normalized spacial score (nSPS) is 20.9. The summed E-state index contributed by atoms with van der Waals surface area (Å²) in [6, 6.07) is 65.2.